The molecule has 1 fully saturated rings. The molecular formula is C18H17N3O4. The summed E-state index contributed by atoms with van der Waals surface area (Å²) in [6.07, 6.45) is 5.18. The van der Waals surface area contributed by atoms with Gasteiger partial charge < -0.3 is 19.6 Å². The van der Waals surface area contributed by atoms with E-state index in [-0.39, 0.29) is 5.56 Å². The summed E-state index contributed by atoms with van der Waals surface area (Å²) in [5.41, 5.74) is 2.37. The van der Waals surface area contributed by atoms with Gasteiger partial charge in [0.15, 0.2) is 0 Å². The Hall–Kier alpha value is -3.09. The quantitative estimate of drug-likeness (QED) is 0.716. The predicted molar refractivity (Wildman–Crippen MR) is 91.1 cm³/mol. The summed E-state index contributed by atoms with van der Waals surface area (Å²) in [6, 6.07) is 5.53. The van der Waals surface area contributed by atoms with E-state index in [9.17, 15) is 9.90 Å². The molecule has 2 heterocycles. The minimum absolute atomic E-state index is 0.113. The van der Waals surface area contributed by atoms with Crippen LogP contribution in [-0.4, -0.2) is 39.7 Å². The van der Waals surface area contributed by atoms with Gasteiger partial charge in [-0.3, -0.25) is 0 Å². The number of ether oxygens (including phenoxy) is 2. The van der Waals surface area contributed by atoms with Crippen molar-refractivity contribution >= 4 is 17.0 Å². The van der Waals surface area contributed by atoms with Gasteiger partial charge in [-0.25, -0.2) is 14.8 Å². The van der Waals surface area contributed by atoms with Crippen molar-refractivity contribution in [3.05, 3.63) is 36.3 Å². The van der Waals surface area contributed by atoms with E-state index in [1.54, 1.807) is 7.11 Å². The van der Waals surface area contributed by atoms with E-state index in [4.69, 9.17) is 9.47 Å². The van der Waals surface area contributed by atoms with Crippen molar-refractivity contribution in [2.24, 2.45) is 5.92 Å². The predicted octanol–water partition coefficient (Wildman–Crippen LogP) is 3.12. The maximum atomic E-state index is 11.4. The second-order valence-corrected chi connectivity index (χ2v) is 6.07. The average molecular weight is 339 g/mol. The number of carboxylic acids is 1. The normalized spacial score (nSPS) is 13.8. The highest BCUT2D eigenvalue weighted by atomic mass is 16.5. The summed E-state index contributed by atoms with van der Waals surface area (Å²) in [6.45, 7) is 0.665. The smallest absolute Gasteiger partial charge is 0.339 e. The van der Waals surface area contributed by atoms with Crippen LogP contribution in [0, 0.1) is 5.92 Å². The first-order valence-electron chi connectivity index (χ1n) is 8.04. The van der Waals surface area contributed by atoms with Gasteiger partial charge in [-0.05, 0) is 37.0 Å². The zero-order valence-electron chi connectivity index (χ0n) is 13.7. The molecule has 1 aliphatic rings. The van der Waals surface area contributed by atoms with Crippen LogP contribution in [0.5, 0.6) is 11.5 Å². The number of H-pyrrole nitrogens is 1. The molecule has 1 aromatic carbocycles. The summed E-state index contributed by atoms with van der Waals surface area (Å²) >= 11 is 0. The van der Waals surface area contributed by atoms with E-state index in [1.165, 1.54) is 25.4 Å². The molecule has 0 saturated heterocycles. The lowest BCUT2D eigenvalue weighted by Crippen LogP contribution is -2.02. The molecule has 0 atom stereocenters. The Balaban J connectivity index is 1.84. The Bertz CT molecular complexity index is 947. The second kappa shape index (κ2) is 6.08. The minimum Gasteiger partial charge on any atom is -0.497 e. The Labute approximate surface area is 143 Å². The summed E-state index contributed by atoms with van der Waals surface area (Å²) in [5.74, 6) is 0.945. The first-order chi connectivity index (χ1) is 12.2. The number of carbonyl (C=O) groups is 1. The number of hydrogen-bond acceptors (Lipinski definition) is 5. The van der Waals surface area contributed by atoms with E-state index >= 15 is 0 Å². The molecule has 3 aromatic rings. The molecular weight excluding hydrogens is 322 g/mol. The number of nitrogens with one attached hydrogen (secondary N) is 1. The number of fused-ring (bicyclic) bond motifs is 1. The van der Waals surface area contributed by atoms with E-state index < -0.39 is 5.97 Å². The highest BCUT2D eigenvalue weighted by Gasteiger charge is 2.23. The minimum atomic E-state index is -1.04. The van der Waals surface area contributed by atoms with Crippen molar-refractivity contribution in [2.45, 2.75) is 12.8 Å². The first kappa shape index (κ1) is 15.4. The fourth-order valence-electron chi connectivity index (χ4n) is 2.75. The van der Waals surface area contributed by atoms with Gasteiger partial charge in [0.1, 0.15) is 34.6 Å². The molecule has 0 bridgehead atoms. The topological polar surface area (TPSA) is 97.3 Å². The van der Waals surface area contributed by atoms with Crippen LogP contribution in [0.15, 0.2) is 30.7 Å². The highest BCUT2D eigenvalue weighted by Crippen LogP contribution is 2.37. The van der Waals surface area contributed by atoms with Gasteiger partial charge in [-0.1, -0.05) is 0 Å². The number of benzene rings is 1. The van der Waals surface area contributed by atoms with Crippen LogP contribution in [0.3, 0.4) is 0 Å². The summed E-state index contributed by atoms with van der Waals surface area (Å²) < 4.78 is 11.3. The third kappa shape index (κ3) is 2.88. The fourth-order valence-corrected chi connectivity index (χ4v) is 2.75. The number of hydrogen-bond donors (Lipinski definition) is 2. The number of aromatic amines is 1. The molecule has 128 valence electrons. The van der Waals surface area contributed by atoms with Crippen molar-refractivity contribution in [3.63, 3.8) is 0 Å². The fraction of sp³-hybridized carbons (Fsp3) is 0.278. The standard InChI is InChI=1S/C18H17N3O4/c1-24-11-4-5-14(25-8-10-2-3-10)12(6-11)15-17-16(21-9-20-15)13(7-19-17)18(22)23/h4-7,9-10,19H,2-3,8H2,1H3,(H,22,23). The van der Waals surface area contributed by atoms with Gasteiger partial charge in [0.05, 0.1) is 19.2 Å². The molecule has 1 saturated carbocycles. The van der Waals surface area contributed by atoms with Crippen LogP contribution in [0.2, 0.25) is 0 Å². The molecule has 25 heavy (non-hydrogen) atoms. The molecule has 1 aliphatic carbocycles. The van der Waals surface area contributed by atoms with Gasteiger partial charge in [-0.2, -0.15) is 0 Å². The second-order valence-electron chi connectivity index (χ2n) is 6.07. The molecule has 7 heteroatoms. The SMILES string of the molecule is COc1ccc(OCC2CC2)c(-c2ncnc3c(C(=O)O)c[nH]c23)c1. The van der Waals surface area contributed by atoms with Crippen molar-refractivity contribution in [1.82, 2.24) is 15.0 Å². The lowest BCUT2D eigenvalue weighted by Gasteiger charge is -2.13. The molecule has 0 aliphatic heterocycles. The van der Waals surface area contributed by atoms with Gasteiger partial charge in [0.2, 0.25) is 0 Å². The van der Waals surface area contributed by atoms with Crippen molar-refractivity contribution in [3.8, 4) is 22.8 Å². The number of aromatic nitrogens is 3. The van der Waals surface area contributed by atoms with Gasteiger partial charge >= 0.3 is 5.97 Å². The number of nitrogens with zero attached hydrogens (tertiary/aromatic N) is 2. The average Bonchev–Trinajstić information content (AvgIpc) is 3.35. The van der Waals surface area contributed by atoms with Crippen LogP contribution in [-0.2, 0) is 0 Å². The molecule has 0 unspecified atom stereocenters. The van der Waals surface area contributed by atoms with E-state index in [0.717, 1.165) is 5.56 Å². The third-order valence-corrected chi connectivity index (χ3v) is 4.31. The molecule has 0 amide bonds. The van der Waals surface area contributed by atoms with Crippen molar-refractivity contribution < 1.29 is 19.4 Å². The Kier molecular flexibility index (Phi) is 3.76. The van der Waals surface area contributed by atoms with Gasteiger partial charge in [0.25, 0.3) is 0 Å². The molecule has 2 N–H and O–H groups in total. The zero-order chi connectivity index (χ0) is 17.4. The first-order valence-corrected chi connectivity index (χ1v) is 8.04. The van der Waals surface area contributed by atoms with E-state index in [2.05, 4.69) is 15.0 Å². The summed E-state index contributed by atoms with van der Waals surface area (Å²) in [4.78, 5) is 22.8. The highest BCUT2D eigenvalue weighted by molar-refractivity contribution is 6.04. The lowest BCUT2D eigenvalue weighted by molar-refractivity contribution is 0.0699. The van der Waals surface area contributed by atoms with Crippen molar-refractivity contribution in [2.75, 3.05) is 13.7 Å². The molecule has 2 aromatic heterocycles. The Morgan fingerprint density at radius 3 is 2.92 bits per heavy atom. The Morgan fingerprint density at radius 2 is 2.20 bits per heavy atom. The third-order valence-electron chi connectivity index (χ3n) is 4.31. The summed E-state index contributed by atoms with van der Waals surface area (Å²) in [5, 5.41) is 9.30. The largest absolute Gasteiger partial charge is 0.497 e. The maximum absolute atomic E-state index is 11.4. The Morgan fingerprint density at radius 1 is 1.36 bits per heavy atom. The molecule has 0 spiro atoms. The van der Waals surface area contributed by atoms with Crippen LogP contribution in [0.4, 0.5) is 0 Å². The van der Waals surface area contributed by atoms with Gasteiger partial charge in [0, 0.05) is 11.8 Å². The number of carboxylic acid groups (broad SMARTS) is 1. The van der Waals surface area contributed by atoms with Crippen LogP contribution < -0.4 is 9.47 Å². The van der Waals surface area contributed by atoms with Crippen LogP contribution in [0.1, 0.15) is 23.2 Å². The number of methoxy groups -OCH3 is 1. The monoisotopic (exact) mass is 339 g/mol. The van der Waals surface area contributed by atoms with Crippen LogP contribution in [0.25, 0.3) is 22.3 Å². The van der Waals surface area contributed by atoms with E-state index in [1.807, 2.05) is 18.2 Å². The number of rotatable bonds is 6. The number of aromatic carboxylic acids is 1. The molecule has 4 rings (SSSR count). The molecule has 0 radical (unpaired) electrons. The maximum Gasteiger partial charge on any atom is 0.339 e. The van der Waals surface area contributed by atoms with E-state index in [0.29, 0.717) is 40.8 Å². The zero-order valence-corrected chi connectivity index (χ0v) is 13.7. The van der Waals surface area contributed by atoms with Crippen molar-refractivity contribution in [1.29, 1.82) is 0 Å². The molecule has 7 nitrogen and oxygen atoms in total. The van der Waals surface area contributed by atoms with Gasteiger partial charge in [-0.15, -0.1) is 0 Å². The lowest BCUT2D eigenvalue weighted by atomic mass is 10.1. The summed E-state index contributed by atoms with van der Waals surface area (Å²) in [7, 11) is 1.59. The van der Waals surface area contributed by atoms with Crippen LogP contribution >= 0.6 is 0 Å².